The smallest absolute Gasteiger partial charge is 0.273 e. The average molecular weight is 394 g/mol. The first-order chi connectivity index (χ1) is 14.1. The van der Waals surface area contributed by atoms with E-state index < -0.39 is 0 Å². The second-order valence-electron chi connectivity index (χ2n) is 7.52. The van der Waals surface area contributed by atoms with Crippen LogP contribution in [0, 0.1) is 6.92 Å². The van der Waals surface area contributed by atoms with E-state index in [-0.39, 0.29) is 17.6 Å². The molecule has 1 atom stereocenters. The molecule has 1 N–H and O–H groups in total. The molecule has 2 aromatic heterocycles. The lowest BCUT2D eigenvalue weighted by Gasteiger charge is -2.37. The van der Waals surface area contributed by atoms with Crippen molar-refractivity contribution < 1.29 is 13.7 Å². The number of rotatable bonds is 6. The van der Waals surface area contributed by atoms with Gasteiger partial charge < -0.3 is 19.2 Å². The van der Waals surface area contributed by atoms with Crippen LogP contribution in [-0.2, 0) is 0 Å². The zero-order valence-electron chi connectivity index (χ0n) is 16.8. The Morgan fingerprint density at radius 3 is 2.62 bits per heavy atom. The summed E-state index contributed by atoms with van der Waals surface area (Å²) in [5, 5.41) is 6.94. The molecule has 7 heteroatoms. The highest BCUT2D eigenvalue weighted by Gasteiger charge is 2.27. The third-order valence-corrected chi connectivity index (χ3v) is 5.39. The summed E-state index contributed by atoms with van der Waals surface area (Å²) in [6.07, 6.45) is 1.67. The fraction of sp³-hybridized carbons (Fsp3) is 0.364. The monoisotopic (exact) mass is 394 g/mol. The van der Waals surface area contributed by atoms with Crippen molar-refractivity contribution in [2.75, 3.05) is 39.8 Å². The standard InChI is InChI=1S/C22H26N4O3/c1-16-5-7-17(8-6-16)21-14-18(24-29-21)22(27)23-15-19(20-4-3-13-28-20)26-11-9-25(2)10-12-26/h3-8,13-14,19H,9-12,15H2,1-2H3,(H,23,27)/t19-/m0/s1. The normalized spacial score (nSPS) is 16.6. The lowest BCUT2D eigenvalue weighted by molar-refractivity contribution is 0.0845. The molecule has 0 saturated carbocycles. The van der Waals surface area contributed by atoms with E-state index >= 15 is 0 Å². The molecule has 3 aromatic rings. The Morgan fingerprint density at radius 1 is 1.17 bits per heavy atom. The molecule has 3 heterocycles. The Labute approximate surface area is 170 Å². The van der Waals surface area contributed by atoms with Crippen LogP contribution in [0.2, 0.25) is 0 Å². The Balaban J connectivity index is 1.42. The zero-order valence-corrected chi connectivity index (χ0v) is 16.8. The van der Waals surface area contributed by atoms with Gasteiger partial charge in [0.2, 0.25) is 0 Å². The number of carbonyl (C=O) groups is 1. The molecular weight excluding hydrogens is 368 g/mol. The van der Waals surface area contributed by atoms with E-state index in [1.54, 1.807) is 12.3 Å². The highest BCUT2D eigenvalue weighted by Crippen LogP contribution is 2.23. The van der Waals surface area contributed by atoms with E-state index in [9.17, 15) is 4.79 Å². The SMILES string of the molecule is Cc1ccc(-c2cc(C(=O)NC[C@@H](c3ccco3)N3CCN(C)CC3)no2)cc1. The number of amides is 1. The molecule has 0 bridgehead atoms. The minimum absolute atomic E-state index is 0.00822. The van der Waals surface area contributed by atoms with Crippen molar-refractivity contribution >= 4 is 5.91 Å². The number of aromatic nitrogens is 1. The summed E-state index contributed by atoms with van der Waals surface area (Å²) in [7, 11) is 2.12. The molecule has 1 aliphatic heterocycles. The predicted octanol–water partition coefficient (Wildman–Crippen LogP) is 2.96. The van der Waals surface area contributed by atoms with Crippen molar-refractivity contribution in [3.8, 4) is 11.3 Å². The van der Waals surface area contributed by atoms with Crippen LogP contribution in [0.25, 0.3) is 11.3 Å². The van der Waals surface area contributed by atoms with Crippen molar-refractivity contribution in [1.29, 1.82) is 0 Å². The van der Waals surface area contributed by atoms with E-state index in [1.807, 2.05) is 43.3 Å². The number of furan rings is 1. The van der Waals surface area contributed by atoms with Crippen molar-refractivity contribution in [3.63, 3.8) is 0 Å². The Hall–Kier alpha value is -2.90. The van der Waals surface area contributed by atoms with Gasteiger partial charge in [-0.2, -0.15) is 0 Å². The van der Waals surface area contributed by atoms with Crippen molar-refractivity contribution in [1.82, 2.24) is 20.3 Å². The fourth-order valence-corrected chi connectivity index (χ4v) is 3.54. The molecule has 1 fully saturated rings. The second-order valence-corrected chi connectivity index (χ2v) is 7.52. The van der Waals surface area contributed by atoms with E-state index in [0.717, 1.165) is 37.5 Å². The van der Waals surface area contributed by atoms with Gasteiger partial charge in [-0.1, -0.05) is 35.0 Å². The summed E-state index contributed by atoms with van der Waals surface area (Å²) in [6.45, 7) is 6.32. The summed E-state index contributed by atoms with van der Waals surface area (Å²) >= 11 is 0. The number of benzene rings is 1. The van der Waals surface area contributed by atoms with E-state index in [1.165, 1.54) is 5.56 Å². The van der Waals surface area contributed by atoms with Gasteiger partial charge in [0.05, 0.1) is 12.3 Å². The fourth-order valence-electron chi connectivity index (χ4n) is 3.54. The number of hydrogen-bond donors (Lipinski definition) is 1. The number of nitrogens with zero attached hydrogens (tertiary/aromatic N) is 3. The van der Waals surface area contributed by atoms with Gasteiger partial charge in [-0.05, 0) is 26.1 Å². The average Bonchev–Trinajstić information content (AvgIpc) is 3.42. The molecule has 152 valence electrons. The molecule has 1 aromatic carbocycles. The second kappa shape index (κ2) is 8.63. The predicted molar refractivity (Wildman–Crippen MR) is 110 cm³/mol. The molecule has 0 radical (unpaired) electrons. The third kappa shape index (κ3) is 4.58. The summed E-state index contributed by atoms with van der Waals surface area (Å²) in [5.41, 5.74) is 2.34. The maximum Gasteiger partial charge on any atom is 0.273 e. The first-order valence-electron chi connectivity index (χ1n) is 9.88. The van der Waals surface area contributed by atoms with E-state index in [0.29, 0.717) is 12.3 Å². The largest absolute Gasteiger partial charge is 0.468 e. The van der Waals surface area contributed by atoms with Gasteiger partial charge in [-0.15, -0.1) is 0 Å². The van der Waals surface area contributed by atoms with Gasteiger partial charge in [0.1, 0.15) is 5.76 Å². The van der Waals surface area contributed by atoms with Crippen LogP contribution in [0.5, 0.6) is 0 Å². The van der Waals surface area contributed by atoms with Crippen LogP contribution >= 0.6 is 0 Å². The molecule has 7 nitrogen and oxygen atoms in total. The third-order valence-electron chi connectivity index (χ3n) is 5.39. The number of aryl methyl sites for hydroxylation is 1. The summed E-state index contributed by atoms with van der Waals surface area (Å²) in [6, 6.07) is 13.4. The maximum atomic E-state index is 12.7. The number of carbonyl (C=O) groups excluding carboxylic acids is 1. The van der Waals surface area contributed by atoms with Crippen LogP contribution in [0.4, 0.5) is 0 Å². The number of nitrogens with one attached hydrogen (secondary N) is 1. The summed E-state index contributed by atoms with van der Waals surface area (Å²) in [4.78, 5) is 17.3. The van der Waals surface area contributed by atoms with Gasteiger partial charge >= 0.3 is 0 Å². The highest BCUT2D eigenvalue weighted by atomic mass is 16.5. The Kier molecular flexibility index (Phi) is 5.78. The molecular formula is C22H26N4O3. The lowest BCUT2D eigenvalue weighted by atomic mass is 10.1. The van der Waals surface area contributed by atoms with Crippen molar-refractivity contribution in [2.24, 2.45) is 0 Å². The van der Waals surface area contributed by atoms with E-state index in [4.69, 9.17) is 8.94 Å². The van der Waals surface area contributed by atoms with Gasteiger partial charge in [0, 0.05) is 44.4 Å². The first-order valence-corrected chi connectivity index (χ1v) is 9.88. The Morgan fingerprint density at radius 2 is 1.93 bits per heavy atom. The van der Waals surface area contributed by atoms with Crippen LogP contribution in [0.1, 0.15) is 27.9 Å². The highest BCUT2D eigenvalue weighted by molar-refractivity contribution is 5.93. The van der Waals surface area contributed by atoms with Crippen molar-refractivity contribution in [2.45, 2.75) is 13.0 Å². The topological polar surface area (TPSA) is 74.8 Å². The van der Waals surface area contributed by atoms with Crippen molar-refractivity contribution in [3.05, 3.63) is 65.7 Å². The molecule has 1 saturated heterocycles. The first kappa shape index (κ1) is 19.4. The van der Waals surface area contributed by atoms with Crippen LogP contribution < -0.4 is 5.32 Å². The van der Waals surface area contributed by atoms with Gasteiger partial charge in [0.15, 0.2) is 11.5 Å². The summed E-state index contributed by atoms with van der Waals surface area (Å²) in [5.74, 6) is 1.19. The molecule has 0 unspecified atom stereocenters. The molecule has 1 amide bonds. The minimum Gasteiger partial charge on any atom is -0.468 e. The molecule has 4 rings (SSSR count). The van der Waals surface area contributed by atoms with Crippen LogP contribution in [0.3, 0.4) is 0 Å². The quantitative estimate of drug-likeness (QED) is 0.693. The minimum atomic E-state index is -0.252. The Bertz CT molecular complexity index is 925. The number of piperazine rings is 1. The van der Waals surface area contributed by atoms with Gasteiger partial charge in [-0.3, -0.25) is 9.69 Å². The number of hydrogen-bond acceptors (Lipinski definition) is 6. The molecule has 29 heavy (non-hydrogen) atoms. The summed E-state index contributed by atoms with van der Waals surface area (Å²) < 4.78 is 11.0. The van der Waals surface area contributed by atoms with Gasteiger partial charge in [-0.25, -0.2) is 0 Å². The molecule has 0 spiro atoms. The zero-order chi connectivity index (χ0) is 20.2. The van der Waals surface area contributed by atoms with Gasteiger partial charge in [0.25, 0.3) is 5.91 Å². The maximum absolute atomic E-state index is 12.7. The van der Waals surface area contributed by atoms with Crippen LogP contribution in [0.15, 0.2) is 57.7 Å². The van der Waals surface area contributed by atoms with E-state index in [2.05, 4.69) is 27.3 Å². The lowest BCUT2D eigenvalue weighted by Crippen LogP contribution is -2.48. The molecule has 0 aliphatic carbocycles. The van der Waals surface area contributed by atoms with Crippen LogP contribution in [-0.4, -0.2) is 60.6 Å². The molecule has 1 aliphatic rings. The number of likely N-dealkylation sites (N-methyl/N-ethyl adjacent to an activating group) is 1.